The molecule has 3 aromatic rings. The van der Waals surface area contributed by atoms with Gasteiger partial charge in [0.05, 0.1) is 52.3 Å². The van der Waals surface area contributed by atoms with Crippen molar-refractivity contribution in [2.75, 3.05) is 52.0 Å². The van der Waals surface area contributed by atoms with Gasteiger partial charge < -0.3 is 39.4 Å². The van der Waals surface area contributed by atoms with E-state index >= 15 is 0 Å². The first-order valence-electron chi connectivity index (χ1n) is 19.9. The molecule has 11 nitrogen and oxygen atoms in total. The second-order valence-corrected chi connectivity index (χ2v) is 20.4. The third-order valence-electron chi connectivity index (χ3n) is 12.1. The molecule has 3 aliphatic heterocycles. The highest BCUT2D eigenvalue weighted by Crippen LogP contribution is 2.49. The van der Waals surface area contributed by atoms with E-state index < -0.39 is 14.1 Å². The van der Waals surface area contributed by atoms with E-state index in [0.29, 0.717) is 44.7 Å². The Morgan fingerprint density at radius 1 is 1.04 bits per heavy atom. The normalized spacial score (nSPS) is 22.8. The molecule has 12 heteroatoms. The van der Waals surface area contributed by atoms with Crippen molar-refractivity contribution in [3.8, 4) is 17.2 Å². The number of fused-ring (bicyclic) bond motifs is 2. The van der Waals surface area contributed by atoms with E-state index in [4.69, 9.17) is 18.9 Å². The maximum atomic E-state index is 14.3. The smallest absolute Gasteiger partial charge is 0.249 e. The molecule has 0 saturated carbocycles. The van der Waals surface area contributed by atoms with Crippen LogP contribution in [0.15, 0.2) is 60.7 Å². The molecule has 0 bridgehead atoms. The monoisotopic (exact) mass is 773 g/mol. The Morgan fingerprint density at radius 3 is 2.49 bits per heavy atom. The molecule has 0 aliphatic carbocycles. The fraction of sp³-hybridized carbons (Fsp3) is 0.535. The van der Waals surface area contributed by atoms with Crippen molar-refractivity contribution in [3.63, 3.8) is 0 Å². The van der Waals surface area contributed by atoms with Gasteiger partial charge in [-0.3, -0.25) is 14.5 Å². The number of unbranched alkanes of at least 4 members (excludes halogenated alkanes) is 1. The number of benzene rings is 3. The molecule has 3 heterocycles. The number of ether oxygens (including phenoxy) is 4. The Morgan fingerprint density at radius 2 is 1.80 bits per heavy atom. The Hall–Kier alpha value is -3.94. The summed E-state index contributed by atoms with van der Waals surface area (Å²) in [6.07, 6.45) is 3.25. The van der Waals surface area contributed by atoms with E-state index in [1.807, 2.05) is 60.4 Å². The van der Waals surface area contributed by atoms with Crippen LogP contribution in [0.3, 0.4) is 0 Å². The van der Waals surface area contributed by atoms with Gasteiger partial charge in [-0.25, -0.2) is 0 Å². The van der Waals surface area contributed by atoms with Crippen molar-refractivity contribution in [1.29, 1.82) is 0 Å². The minimum atomic E-state index is -2.43. The SMILES string of the molecule is CCOc1ccc2c(c1)CC(NCCCCO)C(=O)N2c1ccc2c(c1)[C@@H](OC)[C@H](C)[C@@H](C(CC(=O)N1CCC[C@H]1CO)[Si](C)(C)c1ccc(OC)cc1)O2. The number of hydrogen-bond donors (Lipinski definition) is 3. The van der Waals surface area contributed by atoms with Crippen LogP contribution in [0.4, 0.5) is 11.4 Å². The van der Waals surface area contributed by atoms with Crippen LogP contribution in [0.5, 0.6) is 17.2 Å². The molecule has 6 rings (SSSR count). The minimum absolute atomic E-state index is 0.0360. The summed E-state index contributed by atoms with van der Waals surface area (Å²) >= 11 is 0. The minimum Gasteiger partial charge on any atom is -0.497 e. The van der Waals surface area contributed by atoms with E-state index in [1.54, 1.807) is 19.1 Å². The Labute approximate surface area is 326 Å². The molecule has 0 spiro atoms. The van der Waals surface area contributed by atoms with Gasteiger partial charge in [0.1, 0.15) is 23.4 Å². The van der Waals surface area contributed by atoms with Crippen molar-refractivity contribution >= 4 is 36.4 Å². The summed E-state index contributed by atoms with van der Waals surface area (Å²) in [5, 5.41) is 24.0. The number of nitrogens with one attached hydrogen (secondary N) is 1. The zero-order valence-electron chi connectivity index (χ0n) is 33.3. The Bertz CT molecular complexity index is 1790. The average molecular weight is 774 g/mol. The number of amides is 2. The number of anilines is 2. The van der Waals surface area contributed by atoms with Gasteiger partial charge in [-0.2, -0.15) is 0 Å². The Balaban J connectivity index is 1.36. The number of hydrogen-bond acceptors (Lipinski definition) is 9. The molecular weight excluding hydrogens is 715 g/mol. The molecule has 3 N–H and O–H groups in total. The van der Waals surface area contributed by atoms with Crippen molar-refractivity contribution in [3.05, 3.63) is 71.8 Å². The second kappa shape index (κ2) is 17.9. The molecule has 0 radical (unpaired) electrons. The van der Waals surface area contributed by atoms with E-state index in [1.165, 1.54) is 5.19 Å². The quantitative estimate of drug-likeness (QED) is 0.128. The van der Waals surface area contributed by atoms with Crippen LogP contribution >= 0.6 is 0 Å². The predicted octanol–water partition coefficient (Wildman–Crippen LogP) is 5.49. The topological polar surface area (TPSA) is 130 Å². The van der Waals surface area contributed by atoms with Crippen molar-refractivity contribution in [1.82, 2.24) is 10.2 Å². The van der Waals surface area contributed by atoms with Crippen molar-refractivity contribution < 1.29 is 38.7 Å². The van der Waals surface area contributed by atoms with Gasteiger partial charge in [0.25, 0.3) is 0 Å². The van der Waals surface area contributed by atoms with Gasteiger partial charge in [0.2, 0.25) is 11.8 Å². The molecular formula is C43H59N3O8Si. The van der Waals surface area contributed by atoms with E-state index in [0.717, 1.165) is 53.3 Å². The highest BCUT2D eigenvalue weighted by atomic mass is 28.3. The molecule has 55 heavy (non-hydrogen) atoms. The summed E-state index contributed by atoms with van der Waals surface area (Å²) in [4.78, 5) is 32.1. The number of likely N-dealkylation sites (tertiary alicyclic amines) is 1. The van der Waals surface area contributed by atoms with E-state index in [-0.39, 0.29) is 54.7 Å². The molecule has 3 aliphatic rings. The van der Waals surface area contributed by atoms with Crippen LogP contribution in [-0.4, -0.2) is 100 Å². The fourth-order valence-electron chi connectivity index (χ4n) is 8.90. The molecule has 1 fully saturated rings. The van der Waals surface area contributed by atoms with Crippen LogP contribution in [0.1, 0.15) is 63.2 Å². The standard InChI is InChI=1S/C43H59N3O8Si/c1-7-53-33-15-18-37-29(23-33)24-36(44-20-8-9-22-47)43(50)46(37)30-12-19-38-35(25-30)41(52-4)28(2)42(54-38)39(26-40(49)45-21-10-11-31(45)27-48)55(5,6)34-16-13-32(51-3)14-17-34/h12-19,23,25,28,31,36,39,41-42,44,47-48H,7-11,20-22,24,26-27H2,1-6H3/t28-,31-,36?,39?,41-,42-/m0/s1. The van der Waals surface area contributed by atoms with Gasteiger partial charge in [0.15, 0.2) is 0 Å². The summed E-state index contributed by atoms with van der Waals surface area (Å²) in [6.45, 7) is 10.6. The highest BCUT2D eigenvalue weighted by molar-refractivity contribution is 6.91. The third-order valence-corrected chi connectivity index (χ3v) is 16.3. The molecule has 2 amide bonds. The number of nitrogens with zero attached hydrogens (tertiary/aromatic N) is 2. The number of aliphatic hydroxyl groups excluding tert-OH is 2. The van der Waals surface area contributed by atoms with Crippen LogP contribution in [0, 0.1) is 5.92 Å². The molecule has 3 aromatic carbocycles. The lowest BCUT2D eigenvalue weighted by molar-refractivity contribution is -0.133. The van der Waals surface area contributed by atoms with Crippen LogP contribution in [0.25, 0.3) is 0 Å². The number of carbonyl (C=O) groups is 2. The van der Waals surface area contributed by atoms with Gasteiger partial charge in [-0.15, -0.1) is 0 Å². The maximum Gasteiger partial charge on any atom is 0.249 e. The summed E-state index contributed by atoms with van der Waals surface area (Å²) in [5.74, 6) is 2.09. The van der Waals surface area contributed by atoms with Gasteiger partial charge in [0, 0.05) is 49.4 Å². The lowest BCUT2D eigenvalue weighted by atomic mass is 9.86. The average Bonchev–Trinajstić information content (AvgIpc) is 3.68. The van der Waals surface area contributed by atoms with Crippen molar-refractivity contribution in [2.45, 2.75) is 95.3 Å². The summed E-state index contributed by atoms with van der Waals surface area (Å²) in [6, 6.07) is 19.4. The van der Waals surface area contributed by atoms with E-state index in [9.17, 15) is 19.8 Å². The first-order valence-corrected chi connectivity index (χ1v) is 23.0. The third kappa shape index (κ3) is 8.44. The first-order chi connectivity index (χ1) is 26.6. The van der Waals surface area contributed by atoms with Crippen molar-refractivity contribution in [2.24, 2.45) is 5.92 Å². The van der Waals surface area contributed by atoms with Crippen LogP contribution in [-0.2, 0) is 20.7 Å². The molecule has 298 valence electrons. The second-order valence-electron chi connectivity index (χ2n) is 15.7. The molecule has 1 saturated heterocycles. The number of methoxy groups -OCH3 is 2. The fourth-order valence-corrected chi connectivity index (χ4v) is 12.2. The summed E-state index contributed by atoms with van der Waals surface area (Å²) in [7, 11) is 0.938. The lowest BCUT2D eigenvalue weighted by Gasteiger charge is -2.46. The molecule has 0 aromatic heterocycles. The lowest BCUT2D eigenvalue weighted by Crippen LogP contribution is -2.55. The summed E-state index contributed by atoms with van der Waals surface area (Å²) in [5.41, 5.74) is 3.27. The zero-order valence-corrected chi connectivity index (χ0v) is 34.3. The van der Waals surface area contributed by atoms with E-state index in [2.05, 4.69) is 37.5 Å². The first kappa shape index (κ1) is 40.7. The number of rotatable bonds is 16. The summed E-state index contributed by atoms with van der Waals surface area (Å²) < 4.78 is 24.7. The maximum absolute atomic E-state index is 14.3. The van der Waals surface area contributed by atoms with Gasteiger partial charge in [-0.1, -0.05) is 37.3 Å². The predicted molar refractivity (Wildman–Crippen MR) is 217 cm³/mol. The largest absolute Gasteiger partial charge is 0.497 e. The highest BCUT2D eigenvalue weighted by Gasteiger charge is 2.49. The van der Waals surface area contributed by atoms with Crippen LogP contribution in [0.2, 0.25) is 18.6 Å². The number of aliphatic hydroxyl groups is 2. The zero-order chi connectivity index (χ0) is 39.3. The molecule has 2 unspecified atom stereocenters. The van der Waals surface area contributed by atoms with Gasteiger partial charge in [-0.05, 0) is 99.7 Å². The van der Waals surface area contributed by atoms with Gasteiger partial charge >= 0.3 is 0 Å². The number of carbonyl (C=O) groups excluding carboxylic acids is 2. The Kier molecular flexibility index (Phi) is 13.2. The van der Waals surface area contributed by atoms with Crippen LogP contribution < -0.4 is 29.6 Å². The molecule has 6 atom stereocenters.